The molecule has 0 fully saturated rings. The number of hydrogen-bond acceptors (Lipinski definition) is 2. The van der Waals surface area contributed by atoms with Crippen molar-refractivity contribution in [1.82, 2.24) is 0 Å². The number of carbonyl (C=O) groups excluding carboxylic acids is 2. The smallest absolute Gasteiger partial charge is 0.168 e. The molecular formula is C21H24O2. The standard InChI is InChI=1S/C21H24O2/c1-15(2)19(22)18-13-9-8-12-17(18)14-21(3,4)20(23)16-10-6-5-7-11-16/h5-13,15H,14H2,1-4H3. The van der Waals surface area contributed by atoms with Crippen molar-refractivity contribution in [3.8, 4) is 0 Å². The summed E-state index contributed by atoms with van der Waals surface area (Å²) in [5, 5.41) is 0. The number of benzene rings is 2. The largest absolute Gasteiger partial charge is 0.294 e. The van der Waals surface area contributed by atoms with E-state index in [2.05, 4.69) is 0 Å². The molecule has 0 N–H and O–H groups in total. The van der Waals surface area contributed by atoms with Gasteiger partial charge < -0.3 is 0 Å². The molecule has 0 aliphatic heterocycles. The van der Waals surface area contributed by atoms with Crippen molar-refractivity contribution in [3.05, 3.63) is 71.3 Å². The first-order chi connectivity index (χ1) is 10.8. The van der Waals surface area contributed by atoms with Crippen LogP contribution in [0.3, 0.4) is 0 Å². The quantitative estimate of drug-likeness (QED) is 0.705. The monoisotopic (exact) mass is 308 g/mol. The lowest BCUT2D eigenvalue weighted by molar-refractivity contribution is 0.0834. The highest BCUT2D eigenvalue weighted by atomic mass is 16.1. The molecule has 0 aliphatic carbocycles. The van der Waals surface area contributed by atoms with Crippen LogP contribution in [0.4, 0.5) is 0 Å². The lowest BCUT2D eigenvalue weighted by Gasteiger charge is -2.24. The molecule has 2 rings (SSSR count). The van der Waals surface area contributed by atoms with E-state index in [1.807, 2.05) is 82.3 Å². The van der Waals surface area contributed by atoms with Gasteiger partial charge in [-0.3, -0.25) is 9.59 Å². The van der Waals surface area contributed by atoms with E-state index in [0.717, 1.165) is 11.1 Å². The van der Waals surface area contributed by atoms with Gasteiger partial charge in [0.05, 0.1) is 0 Å². The van der Waals surface area contributed by atoms with Gasteiger partial charge >= 0.3 is 0 Å². The highest BCUT2D eigenvalue weighted by molar-refractivity contribution is 6.01. The maximum Gasteiger partial charge on any atom is 0.168 e. The number of ketones is 2. The summed E-state index contributed by atoms with van der Waals surface area (Å²) >= 11 is 0. The lowest BCUT2D eigenvalue weighted by atomic mass is 9.77. The molecule has 120 valence electrons. The molecule has 0 atom stereocenters. The highest BCUT2D eigenvalue weighted by Gasteiger charge is 2.30. The molecule has 0 bridgehead atoms. The van der Waals surface area contributed by atoms with Crippen LogP contribution in [0.25, 0.3) is 0 Å². The Bertz CT molecular complexity index is 697. The summed E-state index contributed by atoms with van der Waals surface area (Å²) in [5.74, 6) is 0.178. The maximum atomic E-state index is 12.8. The molecule has 0 saturated heterocycles. The lowest BCUT2D eigenvalue weighted by Crippen LogP contribution is -2.28. The molecule has 2 heteroatoms. The van der Waals surface area contributed by atoms with Gasteiger partial charge in [-0.05, 0) is 12.0 Å². The molecule has 0 unspecified atom stereocenters. The summed E-state index contributed by atoms with van der Waals surface area (Å²) in [7, 11) is 0. The van der Waals surface area contributed by atoms with E-state index in [1.165, 1.54) is 0 Å². The van der Waals surface area contributed by atoms with Gasteiger partial charge in [-0.2, -0.15) is 0 Å². The van der Waals surface area contributed by atoms with E-state index in [4.69, 9.17) is 0 Å². The summed E-state index contributed by atoms with van der Waals surface area (Å²) in [6.45, 7) is 7.69. The normalized spacial score (nSPS) is 11.5. The minimum absolute atomic E-state index is 0.0518. The number of hydrogen-bond donors (Lipinski definition) is 0. The van der Waals surface area contributed by atoms with Crippen LogP contribution in [0.15, 0.2) is 54.6 Å². The van der Waals surface area contributed by atoms with Crippen LogP contribution < -0.4 is 0 Å². The van der Waals surface area contributed by atoms with Gasteiger partial charge in [0, 0.05) is 22.5 Å². The third-order valence-corrected chi connectivity index (χ3v) is 4.09. The fourth-order valence-electron chi connectivity index (χ4n) is 2.76. The van der Waals surface area contributed by atoms with Crippen LogP contribution in [0.1, 0.15) is 54.0 Å². The topological polar surface area (TPSA) is 34.1 Å². The predicted octanol–water partition coefficient (Wildman–Crippen LogP) is 4.98. The van der Waals surface area contributed by atoms with Gasteiger partial charge in [0.2, 0.25) is 0 Å². The summed E-state index contributed by atoms with van der Waals surface area (Å²) in [4.78, 5) is 25.2. The van der Waals surface area contributed by atoms with E-state index in [1.54, 1.807) is 0 Å². The van der Waals surface area contributed by atoms with Crippen molar-refractivity contribution < 1.29 is 9.59 Å². The third-order valence-electron chi connectivity index (χ3n) is 4.09. The van der Waals surface area contributed by atoms with Gasteiger partial charge in [-0.1, -0.05) is 82.3 Å². The summed E-state index contributed by atoms with van der Waals surface area (Å²) in [6.07, 6.45) is 0.551. The third kappa shape index (κ3) is 3.95. The van der Waals surface area contributed by atoms with Crippen molar-refractivity contribution in [2.24, 2.45) is 11.3 Å². The van der Waals surface area contributed by atoms with Crippen LogP contribution in [0.5, 0.6) is 0 Å². The predicted molar refractivity (Wildman–Crippen MR) is 93.9 cm³/mol. The van der Waals surface area contributed by atoms with E-state index >= 15 is 0 Å². The van der Waals surface area contributed by atoms with Crippen LogP contribution in [-0.4, -0.2) is 11.6 Å². The van der Waals surface area contributed by atoms with E-state index < -0.39 is 5.41 Å². The van der Waals surface area contributed by atoms with Crippen molar-refractivity contribution in [1.29, 1.82) is 0 Å². The van der Waals surface area contributed by atoms with Crippen LogP contribution in [-0.2, 0) is 6.42 Å². The van der Waals surface area contributed by atoms with Gasteiger partial charge in [-0.15, -0.1) is 0 Å². The number of carbonyl (C=O) groups is 2. The van der Waals surface area contributed by atoms with Gasteiger partial charge in [0.25, 0.3) is 0 Å². The minimum atomic E-state index is -0.561. The molecule has 0 aliphatic rings. The zero-order valence-corrected chi connectivity index (χ0v) is 14.3. The average molecular weight is 308 g/mol. The van der Waals surface area contributed by atoms with E-state index in [0.29, 0.717) is 12.0 Å². The van der Waals surface area contributed by atoms with Crippen LogP contribution >= 0.6 is 0 Å². The van der Waals surface area contributed by atoms with E-state index in [-0.39, 0.29) is 17.5 Å². The summed E-state index contributed by atoms with van der Waals surface area (Å²) in [5.41, 5.74) is 1.83. The Balaban J connectivity index is 2.31. The summed E-state index contributed by atoms with van der Waals surface area (Å²) < 4.78 is 0. The molecule has 2 aromatic carbocycles. The summed E-state index contributed by atoms with van der Waals surface area (Å²) in [6, 6.07) is 17.0. The second kappa shape index (κ2) is 6.91. The first kappa shape index (κ1) is 17.1. The molecule has 2 nitrogen and oxygen atoms in total. The number of Topliss-reactive ketones (excluding diaryl/α,β-unsaturated/α-hetero) is 2. The zero-order chi connectivity index (χ0) is 17.0. The van der Waals surface area contributed by atoms with Gasteiger partial charge in [0.1, 0.15) is 0 Å². The number of rotatable bonds is 6. The first-order valence-electron chi connectivity index (χ1n) is 8.05. The molecule has 0 heterocycles. The van der Waals surface area contributed by atoms with Crippen LogP contribution in [0, 0.1) is 11.3 Å². The Kier molecular flexibility index (Phi) is 5.15. The highest BCUT2D eigenvalue weighted by Crippen LogP contribution is 2.29. The van der Waals surface area contributed by atoms with Crippen LogP contribution in [0.2, 0.25) is 0 Å². The molecule has 23 heavy (non-hydrogen) atoms. The first-order valence-corrected chi connectivity index (χ1v) is 8.05. The molecule has 0 radical (unpaired) electrons. The fraction of sp³-hybridized carbons (Fsp3) is 0.333. The second-order valence-corrected chi connectivity index (χ2v) is 6.93. The van der Waals surface area contributed by atoms with Crippen molar-refractivity contribution >= 4 is 11.6 Å². The van der Waals surface area contributed by atoms with Crippen molar-refractivity contribution in [2.75, 3.05) is 0 Å². The van der Waals surface area contributed by atoms with Gasteiger partial charge in [0.15, 0.2) is 11.6 Å². The second-order valence-electron chi connectivity index (χ2n) is 6.93. The molecule has 0 aromatic heterocycles. The Morgan fingerprint density at radius 2 is 1.48 bits per heavy atom. The van der Waals surface area contributed by atoms with Crippen molar-refractivity contribution in [2.45, 2.75) is 34.1 Å². The van der Waals surface area contributed by atoms with E-state index in [9.17, 15) is 9.59 Å². The molecular weight excluding hydrogens is 284 g/mol. The molecule has 0 amide bonds. The Morgan fingerprint density at radius 3 is 2.09 bits per heavy atom. The fourth-order valence-corrected chi connectivity index (χ4v) is 2.76. The SMILES string of the molecule is CC(C)C(=O)c1ccccc1CC(C)(C)C(=O)c1ccccc1. The average Bonchev–Trinajstić information content (AvgIpc) is 2.54. The minimum Gasteiger partial charge on any atom is -0.294 e. The molecule has 0 spiro atoms. The van der Waals surface area contributed by atoms with Crippen molar-refractivity contribution in [3.63, 3.8) is 0 Å². The Labute approximate surface area is 138 Å². The Morgan fingerprint density at radius 1 is 0.913 bits per heavy atom. The van der Waals surface area contributed by atoms with Gasteiger partial charge in [-0.25, -0.2) is 0 Å². The Hall–Kier alpha value is -2.22. The molecule has 0 saturated carbocycles. The maximum absolute atomic E-state index is 12.8. The zero-order valence-electron chi connectivity index (χ0n) is 14.3. The molecule has 2 aromatic rings.